The fourth-order valence-electron chi connectivity index (χ4n) is 1.79. The van der Waals surface area contributed by atoms with E-state index in [9.17, 15) is 13.6 Å². The lowest BCUT2D eigenvalue weighted by Gasteiger charge is -2.14. The van der Waals surface area contributed by atoms with Crippen LogP contribution in [0.5, 0.6) is 0 Å². The molecular formula is C14H12ClF2N3O. The summed E-state index contributed by atoms with van der Waals surface area (Å²) < 4.78 is 26.8. The molecule has 2 rings (SSSR count). The molecule has 0 radical (unpaired) electrons. The van der Waals surface area contributed by atoms with Gasteiger partial charge in [0.15, 0.2) is 5.82 Å². The topological polar surface area (TPSA) is 67.2 Å². The van der Waals surface area contributed by atoms with Crippen molar-refractivity contribution in [3.63, 3.8) is 0 Å². The largest absolute Gasteiger partial charge is 0.399 e. The van der Waals surface area contributed by atoms with Gasteiger partial charge in [0.1, 0.15) is 5.82 Å². The minimum atomic E-state index is -0.870. The van der Waals surface area contributed by atoms with Gasteiger partial charge in [-0.3, -0.25) is 4.79 Å². The molecule has 0 fully saturated rings. The van der Waals surface area contributed by atoms with Crippen LogP contribution in [0.2, 0.25) is 5.02 Å². The van der Waals surface area contributed by atoms with Crippen molar-refractivity contribution in [2.75, 3.05) is 18.1 Å². The number of halogens is 3. The maximum absolute atomic E-state index is 13.8. The summed E-state index contributed by atoms with van der Waals surface area (Å²) in [7, 11) is 1.47. The van der Waals surface area contributed by atoms with Crippen molar-refractivity contribution in [2.24, 2.45) is 0 Å². The first-order valence-corrected chi connectivity index (χ1v) is 6.33. The van der Waals surface area contributed by atoms with Gasteiger partial charge in [0.05, 0.1) is 22.0 Å². The monoisotopic (exact) mass is 311 g/mol. The van der Waals surface area contributed by atoms with Crippen LogP contribution >= 0.6 is 11.6 Å². The number of nitrogens with two attached hydrogens (primary N) is 1. The molecule has 2 aromatic carbocycles. The summed E-state index contributed by atoms with van der Waals surface area (Å²) in [6.45, 7) is 0. The Morgan fingerprint density at radius 1 is 1.24 bits per heavy atom. The van der Waals surface area contributed by atoms with Crippen LogP contribution in [0.15, 0.2) is 30.3 Å². The molecule has 7 heteroatoms. The van der Waals surface area contributed by atoms with E-state index in [0.29, 0.717) is 11.8 Å². The lowest BCUT2D eigenvalue weighted by atomic mass is 10.1. The molecular weight excluding hydrogens is 300 g/mol. The van der Waals surface area contributed by atoms with Gasteiger partial charge >= 0.3 is 0 Å². The Kier molecular flexibility index (Phi) is 4.28. The molecule has 4 N–H and O–H groups in total. The molecule has 1 amide bonds. The fraction of sp³-hybridized carbons (Fsp3) is 0.0714. The van der Waals surface area contributed by atoms with Crippen molar-refractivity contribution >= 4 is 34.6 Å². The number of benzene rings is 2. The number of rotatable bonds is 3. The summed E-state index contributed by atoms with van der Waals surface area (Å²) in [5, 5.41) is 5.00. The van der Waals surface area contributed by atoms with Gasteiger partial charge in [0.2, 0.25) is 0 Å². The first-order valence-electron chi connectivity index (χ1n) is 5.95. The molecule has 0 aliphatic heterocycles. The van der Waals surface area contributed by atoms with Crippen molar-refractivity contribution in [3.8, 4) is 0 Å². The summed E-state index contributed by atoms with van der Waals surface area (Å²) in [6.07, 6.45) is 0. The molecule has 0 aliphatic rings. The highest BCUT2D eigenvalue weighted by Crippen LogP contribution is 2.31. The van der Waals surface area contributed by atoms with Crippen LogP contribution in [0, 0.1) is 11.6 Å². The number of carbonyl (C=O) groups excluding carboxylic acids is 1. The zero-order chi connectivity index (χ0) is 15.6. The van der Waals surface area contributed by atoms with E-state index in [1.54, 1.807) is 6.07 Å². The predicted octanol–water partition coefficient (Wildman–Crippen LogP) is 3.30. The molecule has 0 spiro atoms. The van der Waals surface area contributed by atoms with Gasteiger partial charge in [-0.1, -0.05) is 11.6 Å². The van der Waals surface area contributed by atoms with Gasteiger partial charge in [-0.15, -0.1) is 0 Å². The maximum atomic E-state index is 13.8. The molecule has 2 aromatic rings. The van der Waals surface area contributed by atoms with Gasteiger partial charge in [-0.2, -0.15) is 0 Å². The van der Waals surface area contributed by atoms with Gasteiger partial charge in [0.25, 0.3) is 5.91 Å². The van der Waals surface area contributed by atoms with E-state index in [0.717, 1.165) is 6.07 Å². The highest BCUT2D eigenvalue weighted by molar-refractivity contribution is 6.33. The molecule has 110 valence electrons. The molecule has 0 bridgehead atoms. The Bertz CT molecular complexity index is 684. The third-order valence-electron chi connectivity index (χ3n) is 2.78. The van der Waals surface area contributed by atoms with Crippen molar-refractivity contribution in [1.29, 1.82) is 0 Å². The highest BCUT2D eigenvalue weighted by Gasteiger charge is 2.15. The van der Waals surface area contributed by atoms with Gasteiger partial charge in [-0.25, -0.2) is 8.78 Å². The molecule has 4 nitrogen and oxygen atoms in total. The first kappa shape index (κ1) is 15.1. The Balaban J connectivity index is 2.49. The highest BCUT2D eigenvalue weighted by atomic mass is 35.5. The van der Waals surface area contributed by atoms with Crippen LogP contribution in [-0.2, 0) is 0 Å². The van der Waals surface area contributed by atoms with Crippen molar-refractivity contribution in [1.82, 2.24) is 5.32 Å². The van der Waals surface area contributed by atoms with Crippen molar-refractivity contribution < 1.29 is 13.6 Å². The zero-order valence-corrected chi connectivity index (χ0v) is 11.8. The van der Waals surface area contributed by atoms with Crippen molar-refractivity contribution in [3.05, 3.63) is 52.6 Å². The Morgan fingerprint density at radius 2 is 1.95 bits per heavy atom. The summed E-state index contributed by atoms with van der Waals surface area (Å²) in [6, 6.07) is 6.16. The number of hydrogen-bond donors (Lipinski definition) is 3. The number of nitrogens with one attached hydrogen (secondary N) is 2. The standard InChI is InChI=1S/C14H12ClF2N3O/c1-19-14(21)9-3-2-8(18)6-12(9)20-13-10(15)4-7(16)5-11(13)17/h2-6,20H,18H2,1H3,(H,19,21). The van der Waals surface area contributed by atoms with E-state index >= 15 is 0 Å². The second-order valence-corrected chi connectivity index (χ2v) is 4.66. The number of anilines is 3. The van der Waals surface area contributed by atoms with E-state index in [1.807, 2.05) is 0 Å². The molecule has 21 heavy (non-hydrogen) atoms. The summed E-state index contributed by atoms with van der Waals surface area (Å²) in [4.78, 5) is 11.8. The summed E-state index contributed by atoms with van der Waals surface area (Å²) in [5.74, 6) is -2.04. The van der Waals surface area contributed by atoms with Crippen LogP contribution in [-0.4, -0.2) is 13.0 Å². The Morgan fingerprint density at radius 3 is 2.57 bits per heavy atom. The third kappa shape index (κ3) is 3.22. The smallest absolute Gasteiger partial charge is 0.253 e. The minimum Gasteiger partial charge on any atom is -0.399 e. The van der Waals surface area contributed by atoms with Crippen LogP contribution in [0.4, 0.5) is 25.8 Å². The van der Waals surface area contributed by atoms with E-state index in [1.165, 1.54) is 19.2 Å². The molecule has 0 aliphatic carbocycles. The van der Waals surface area contributed by atoms with E-state index in [4.69, 9.17) is 17.3 Å². The Labute approximate surface area is 124 Å². The number of nitrogen functional groups attached to an aromatic ring is 1. The predicted molar refractivity (Wildman–Crippen MR) is 78.9 cm³/mol. The van der Waals surface area contributed by atoms with Crippen molar-refractivity contribution in [2.45, 2.75) is 0 Å². The fourth-order valence-corrected chi connectivity index (χ4v) is 2.04. The van der Waals surface area contributed by atoms with E-state index in [2.05, 4.69) is 10.6 Å². The normalized spacial score (nSPS) is 10.3. The quantitative estimate of drug-likeness (QED) is 0.762. The maximum Gasteiger partial charge on any atom is 0.253 e. The summed E-state index contributed by atoms with van der Waals surface area (Å²) in [5.41, 5.74) is 6.43. The average Bonchev–Trinajstić information content (AvgIpc) is 2.42. The number of hydrogen-bond acceptors (Lipinski definition) is 3. The van der Waals surface area contributed by atoms with Gasteiger partial charge in [-0.05, 0) is 24.3 Å². The van der Waals surface area contributed by atoms with E-state index in [-0.39, 0.29) is 27.9 Å². The number of carbonyl (C=O) groups is 1. The van der Waals surface area contributed by atoms with Crippen LogP contribution in [0.3, 0.4) is 0 Å². The minimum absolute atomic E-state index is 0.131. The zero-order valence-electron chi connectivity index (χ0n) is 11.0. The Hall–Kier alpha value is -2.34. The molecule has 0 aromatic heterocycles. The van der Waals surface area contributed by atoms with Crippen LogP contribution in [0.1, 0.15) is 10.4 Å². The van der Waals surface area contributed by atoms with Crippen LogP contribution < -0.4 is 16.4 Å². The molecule has 0 saturated heterocycles. The average molecular weight is 312 g/mol. The molecule has 0 heterocycles. The summed E-state index contributed by atoms with van der Waals surface area (Å²) >= 11 is 5.82. The lowest BCUT2D eigenvalue weighted by molar-refractivity contribution is 0.0964. The van der Waals surface area contributed by atoms with Gasteiger partial charge < -0.3 is 16.4 Å². The molecule has 0 saturated carbocycles. The first-order chi connectivity index (χ1) is 9.92. The second kappa shape index (κ2) is 5.97. The second-order valence-electron chi connectivity index (χ2n) is 4.25. The van der Waals surface area contributed by atoms with Gasteiger partial charge in [0, 0.05) is 18.8 Å². The number of amides is 1. The SMILES string of the molecule is CNC(=O)c1ccc(N)cc1Nc1c(F)cc(F)cc1Cl. The third-order valence-corrected chi connectivity index (χ3v) is 3.08. The molecule has 0 atom stereocenters. The lowest BCUT2D eigenvalue weighted by Crippen LogP contribution is -2.19. The van der Waals surface area contributed by atoms with E-state index < -0.39 is 11.6 Å². The van der Waals surface area contributed by atoms with Crippen LogP contribution in [0.25, 0.3) is 0 Å². The molecule has 0 unspecified atom stereocenters.